The first kappa shape index (κ1) is 16.4. The third-order valence-electron chi connectivity index (χ3n) is 2.61. The van der Waals surface area contributed by atoms with E-state index in [2.05, 4.69) is 5.32 Å². The number of rotatable bonds is 9. The summed E-state index contributed by atoms with van der Waals surface area (Å²) in [6, 6.07) is 0. The molecule has 5 nitrogen and oxygen atoms in total. The SMILES string of the molecule is CCNC(C)(CCOC(C)COC)C(=O)OC. The third kappa shape index (κ3) is 6.00. The summed E-state index contributed by atoms with van der Waals surface area (Å²) in [5.74, 6) is -0.262. The normalized spacial score (nSPS) is 16.3. The molecule has 102 valence electrons. The van der Waals surface area contributed by atoms with E-state index >= 15 is 0 Å². The second kappa shape index (κ2) is 8.44. The molecule has 17 heavy (non-hydrogen) atoms. The molecule has 0 bridgehead atoms. The molecule has 2 unspecified atom stereocenters. The molecule has 0 fully saturated rings. The summed E-state index contributed by atoms with van der Waals surface area (Å²) in [7, 11) is 3.03. The van der Waals surface area contributed by atoms with E-state index < -0.39 is 5.54 Å². The molecular formula is C12H25NO4. The molecule has 1 N–H and O–H groups in total. The molecule has 2 atom stereocenters. The van der Waals surface area contributed by atoms with Crippen LogP contribution in [0.3, 0.4) is 0 Å². The Hall–Kier alpha value is -0.650. The lowest BCUT2D eigenvalue weighted by atomic mass is 9.98. The van der Waals surface area contributed by atoms with Crippen LogP contribution in [-0.2, 0) is 19.0 Å². The van der Waals surface area contributed by atoms with Crippen molar-refractivity contribution in [3.05, 3.63) is 0 Å². The minimum Gasteiger partial charge on any atom is -0.468 e. The fourth-order valence-corrected chi connectivity index (χ4v) is 1.63. The Kier molecular flexibility index (Phi) is 8.12. The van der Waals surface area contributed by atoms with Gasteiger partial charge in [0.05, 0.1) is 19.8 Å². The van der Waals surface area contributed by atoms with E-state index in [0.717, 1.165) is 0 Å². The number of esters is 1. The summed E-state index contributed by atoms with van der Waals surface area (Å²) in [5, 5.41) is 3.13. The van der Waals surface area contributed by atoms with Gasteiger partial charge in [-0.2, -0.15) is 0 Å². The molecule has 0 aromatic heterocycles. The standard InChI is InChI=1S/C12H25NO4/c1-6-13-12(3,11(14)16-5)7-8-17-10(2)9-15-4/h10,13H,6-9H2,1-5H3. The average molecular weight is 247 g/mol. The highest BCUT2D eigenvalue weighted by Crippen LogP contribution is 2.12. The Balaban J connectivity index is 4.13. The number of nitrogens with one attached hydrogen (secondary N) is 1. The van der Waals surface area contributed by atoms with Crippen molar-refractivity contribution in [1.82, 2.24) is 5.32 Å². The molecule has 0 spiro atoms. The van der Waals surface area contributed by atoms with E-state index in [-0.39, 0.29) is 12.1 Å². The minimum absolute atomic E-state index is 0.0310. The predicted molar refractivity (Wildman–Crippen MR) is 66.0 cm³/mol. The Morgan fingerprint density at radius 2 is 2.06 bits per heavy atom. The summed E-state index contributed by atoms with van der Waals surface area (Å²) in [5.41, 5.74) is -0.684. The van der Waals surface area contributed by atoms with Gasteiger partial charge in [0.25, 0.3) is 0 Å². The van der Waals surface area contributed by atoms with Crippen molar-refractivity contribution >= 4 is 5.97 Å². The lowest BCUT2D eigenvalue weighted by Crippen LogP contribution is -2.51. The predicted octanol–water partition coefficient (Wildman–Crippen LogP) is 0.969. The Bertz CT molecular complexity index is 223. The highest BCUT2D eigenvalue weighted by atomic mass is 16.5. The lowest BCUT2D eigenvalue weighted by Gasteiger charge is -2.27. The number of methoxy groups -OCH3 is 2. The van der Waals surface area contributed by atoms with Crippen LogP contribution in [0.4, 0.5) is 0 Å². The fraction of sp³-hybridized carbons (Fsp3) is 0.917. The molecule has 0 aromatic carbocycles. The monoisotopic (exact) mass is 247 g/mol. The molecule has 0 aliphatic carbocycles. The molecule has 0 saturated heterocycles. The maximum Gasteiger partial charge on any atom is 0.325 e. The third-order valence-corrected chi connectivity index (χ3v) is 2.61. The highest BCUT2D eigenvalue weighted by molar-refractivity contribution is 5.80. The van der Waals surface area contributed by atoms with Crippen molar-refractivity contribution in [2.24, 2.45) is 0 Å². The van der Waals surface area contributed by atoms with Crippen LogP contribution in [0.2, 0.25) is 0 Å². The second-order valence-corrected chi connectivity index (χ2v) is 4.24. The van der Waals surface area contributed by atoms with E-state index in [4.69, 9.17) is 14.2 Å². The Labute approximate surface area is 104 Å². The number of hydrogen-bond donors (Lipinski definition) is 1. The van der Waals surface area contributed by atoms with Crippen LogP contribution in [0.25, 0.3) is 0 Å². The summed E-state index contributed by atoms with van der Waals surface area (Å²) in [6.07, 6.45) is 0.602. The molecule has 0 saturated carbocycles. The van der Waals surface area contributed by atoms with Crippen molar-refractivity contribution < 1.29 is 19.0 Å². The highest BCUT2D eigenvalue weighted by Gasteiger charge is 2.33. The zero-order valence-corrected chi connectivity index (χ0v) is 11.5. The Morgan fingerprint density at radius 1 is 1.41 bits per heavy atom. The molecule has 0 rings (SSSR count). The first-order chi connectivity index (χ1) is 8.00. The van der Waals surface area contributed by atoms with Crippen LogP contribution in [0, 0.1) is 0 Å². The number of likely N-dealkylation sites (N-methyl/N-ethyl adjacent to an activating group) is 1. The van der Waals surface area contributed by atoms with Crippen molar-refractivity contribution in [3.8, 4) is 0 Å². The molecule has 0 aliphatic rings. The van der Waals surface area contributed by atoms with Gasteiger partial charge in [-0.15, -0.1) is 0 Å². The number of carbonyl (C=O) groups excluding carboxylic acids is 1. The van der Waals surface area contributed by atoms with Crippen molar-refractivity contribution in [2.75, 3.05) is 34.0 Å². The molecular weight excluding hydrogens is 222 g/mol. The maximum atomic E-state index is 11.7. The fourth-order valence-electron chi connectivity index (χ4n) is 1.63. The minimum atomic E-state index is -0.684. The maximum absolute atomic E-state index is 11.7. The Morgan fingerprint density at radius 3 is 2.53 bits per heavy atom. The van der Waals surface area contributed by atoms with Gasteiger partial charge in [-0.3, -0.25) is 4.79 Å². The smallest absolute Gasteiger partial charge is 0.325 e. The summed E-state index contributed by atoms with van der Waals surface area (Å²) in [6.45, 7) is 7.47. The van der Waals surface area contributed by atoms with Crippen LogP contribution >= 0.6 is 0 Å². The first-order valence-electron chi connectivity index (χ1n) is 5.94. The van der Waals surface area contributed by atoms with Gasteiger partial charge in [-0.25, -0.2) is 0 Å². The summed E-state index contributed by atoms with van der Waals surface area (Å²) in [4.78, 5) is 11.7. The second-order valence-electron chi connectivity index (χ2n) is 4.24. The molecule has 0 aromatic rings. The molecule has 0 radical (unpaired) electrons. The zero-order chi connectivity index (χ0) is 13.3. The molecule has 0 amide bonds. The number of ether oxygens (including phenoxy) is 3. The molecule has 0 heterocycles. The topological polar surface area (TPSA) is 56.8 Å². The van der Waals surface area contributed by atoms with E-state index in [1.54, 1.807) is 7.11 Å². The van der Waals surface area contributed by atoms with Crippen LogP contribution < -0.4 is 5.32 Å². The van der Waals surface area contributed by atoms with Crippen molar-refractivity contribution in [3.63, 3.8) is 0 Å². The van der Waals surface area contributed by atoms with E-state index in [1.165, 1.54) is 7.11 Å². The lowest BCUT2D eigenvalue weighted by molar-refractivity contribution is -0.149. The van der Waals surface area contributed by atoms with Gasteiger partial charge in [0.15, 0.2) is 0 Å². The molecule has 0 aliphatic heterocycles. The van der Waals surface area contributed by atoms with Gasteiger partial charge in [0.2, 0.25) is 0 Å². The zero-order valence-electron chi connectivity index (χ0n) is 11.5. The van der Waals surface area contributed by atoms with Gasteiger partial charge in [-0.05, 0) is 26.8 Å². The van der Waals surface area contributed by atoms with Crippen LogP contribution in [0.5, 0.6) is 0 Å². The van der Waals surface area contributed by atoms with Crippen molar-refractivity contribution in [1.29, 1.82) is 0 Å². The first-order valence-corrected chi connectivity index (χ1v) is 5.94. The van der Waals surface area contributed by atoms with E-state index in [1.807, 2.05) is 20.8 Å². The van der Waals surface area contributed by atoms with E-state index in [9.17, 15) is 4.79 Å². The average Bonchev–Trinajstić information content (AvgIpc) is 2.28. The van der Waals surface area contributed by atoms with Gasteiger partial charge >= 0.3 is 5.97 Å². The van der Waals surface area contributed by atoms with Gasteiger partial charge in [-0.1, -0.05) is 6.92 Å². The van der Waals surface area contributed by atoms with Gasteiger partial charge in [0.1, 0.15) is 5.54 Å². The van der Waals surface area contributed by atoms with Gasteiger partial charge in [0, 0.05) is 13.7 Å². The summed E-state index contributed by atoms with van der Waals surface area (Å²) >= 11 is 0. The van der Waals surface area contributed by atoms with Crippen LogP contribution in [-0.4, -0.2) is 51.6 Å². The van der Waals surface area contributed by atoms with Gasteiger partial charge < -0.3 is 19.5 Å². The van der Waals surface area contributed by atoms with E-state index in [0.29, 0.717) is 26.2 Å². The number of carbonyl (C=O) groups is 1. The van der Waals surface area contributed by atoms with Crippen LogP contribution in [0.15, 0.2) is 0 Å². The quantitative estimate of drug-likeness (QED) is 0.615. The number of hydrogen-bond acceptors (Lipinski definition) is 5. The summed E-state index contributed by atoms with van der Waals surface area (Å²) < 4.78 is 15.3. The van der Waals surface area contributed by atoms with Crippen LogP contribution in [0.1, 0.15) is 27.2 Å². The largest absolute Gasteiger partial charge is 0.468 e. The molecule has 5 heteroatoms. The van der Waals surface area contributed by atoms with Crippen molar-refractivity contribution in [2.45, 2.75) is 38.8 Å².